The topological polar surface area (TPSA) is 23.6 Å². The number of halogens is 2. The molecule has 1 amide bonds. The van der Waals surface area contributed by atoms with Gasteiger partial charge in [0.05, 0.1) is 0 Å². The Labute approximate surface area is 160 Å². The zero-order chi connectivity index (χ0) is 17.6. The highest BCUT2D eigenvalue weighted by Crippen LogP contribution is 2.44. The number of carbonyl (C=O) groups is 1. The van der Waals surface area contributed by atoms with Gasteiger partial charge in [-0.15, -0.1) is 12.4 Å². The van der Waals surface area contributed by atoms with Gasteiger partial charge in [0.15, 0.2) is 0 Å². The first-order chi connectivity index (χ1) is 12.0. The molecule has 2 heterocycles. The molecule has 26 heavy (non-hydrogen) atoms. The van der Waals surface area contributed by atoms with Crippen molar-refractivity contribution < 1.29 is 9.18 Å². The van der Waals surface area contributed by atoms with Gasteiger partial charge in [-0.25, -0.2) is 4.39 Å². The van der Waals surface area contributed by atoms with E-state index in [2.05, 4.69) is 36.2 Å². The summed E-state index contributed by atoms with van der Waals surface area (Å²) < 4.78 is 13.3. The van der Waals surface area contributed by atoms with Crippen LogP contribution in [-0.4, -0.2) is 42.4 Å². The van der Waals surface area contributed by atoms with E-state index < -0.39 is 0 Å². The molecule has 0 aromatic heterocycles. The molecule has 0 N–H and O–H groups in total. The predicted octanol–water partition coefficient (Wildman–Crippen LogP) is 3.93. The lowest BCUT2D eigenvalue weighted by molar-refractivity contribution is 0.0767. The van der Waals surface area contributed by atoms with Gasteiger partial charge in [0.2, 0.25) is 0 Å². The van der Waals surface area contributed by atoms with Crippen molar-refractivity contribution >= 4 is 18.3 Å². The maximum atomic E-state index is 13.3. The minimum Gasteiger partial charge on any atom is -0.338 e. The molecule has 4 rings (SSSR count). The van der Waals surface area contributed by atoms with Gasteiger partial charge in [-0.2, -0.15) is 0 Å². The number of hydrogen-bond donors (Lipinski definition) is 0. The van der Waals surface area contributed by atoms with Crippen molar-refractivity contribution in [2.24, 2.45) is 11.8 Å². The summed E-state index contributed by atoms with van der Waals surface area (Å²) in [5.41, 5.74) is 2.65. The number of hydrogen-bond acceptors (Lipinski definition) is 2. The first-order valence-corrected chi connectivity index (χ1v) is 8.85. The molecule has 0 bridgehead atoms. The van der Waals surface area contributed by atoms with Gasteiger partial charge < -0.3 is 4.90 Å². The number of likely N-dealkylation sites (tertiary alicyclic amines) is 2. The van der Waals surface area contributed by atoms with Crippen molar-refractivity contribution in [3.05, 3.63) is 71.0 Å². The van der Waals surface area contributed by atoms with E-state index >= 15 is 0 Å². The predicted molar refractivity (Wildman–Crippen MR) is 103 cm³/mol. The lowest BCUT2D eigenvalue weighted by atomic mass is 9.90. The van der Waals surface area contributed by atoms with Crippen molar-refractivity contribution in [1.82, 2.24) is 9.80 Å². The van der Waals surface area contributed by atoms with E-state index in [0.29, 0.717) is 29.0 Å². The van der Waals surface area contributed by atoms with Crippen molar-refractivity contribution in [3.63, 3.8) is 0 Å². The molecule has 2 fully saturated rings. The lowest BCUT2D eigenvalue weighted by Crippen LogP contribution is -2.33. The SMILES string of the molecule is Cc1cc(F)ccc1C(=O)N1C[C@@H]2CN(C)[C@@H](c3ccccc3)[C@@H]2C1.Cl. The van der Waals surface area contributed by atoms with Crippen LogP contribution in [0.2, 0.25) is 0 Å². The second-order valence-corrected chi connectivity index (χ2v) is 7.39. The third-order valence-electron chi connectivity index (χ3n) is 5.74. The zero-order valence-electron chi connectivity index (χ0n) is 15.1. The highest BCUT2D eigenvalue weighted by molar-refractivity contribution is 5.95. The molecule has 0 aliphatic carbocycles. The summed E-state index contributed by atoms with van der Waals surface area (Å²) in [5, 5.41) is 0. The van der Waals surface area contributed by atoms with Crippen LogP contribution in [0.25, 0.3) is 0 Å². The molecule has 0 radical (unpaired) electrons. The van der Waals surface area contributed by atoms with E-state index in [1.807, 2.05) is 11.0 Å². The van der Waals surface area contributed by atoms with Crippen molar-refractivity contribution in [3.8, 4) is 0 Å². The van der Waals surface area contributed by atoms with Crippen LogP contribution in [-0.2, 0) is 0 Å². The van der Waals surface area contributed by atoms with Crippen LogP contribution >= 0.6 is 12.4 Å². The average Bonchev–Trinajstić information content (AvgIpc) is 3.11. The van der Waals surface area contributed by atoms with Gasteiger partial charge >= 0.3 is 0 Å². The molecule has 2 saturated heterocycles. The van der Waals surface area contributed by atoms with E-state index in [4.69, 9.17) is 0 Å². The molecule has 0 unspecified atom stereocenters. The van der Waals surface area contributed by atoms with Crippen molar-refractivity contribution in [2.75, 3.05) is 26.7 Å². The highest BCUT2D eigenvalue weighted by Gasteiger charge is 2.47. The molecule has 2 aromatic carbocycles. The Morgan fingerprint density at radius 3 is 2.50 bits per heavy atom. The van der Waals surface area contributed by atoms with Crippen LogP contribution in [0.4, 0.5) is 4.39 Å². The second-order valence-electron chi connectivity index (χ2n) is 7.39. The summed E-state index contributed by atoms with van der Waals surface area (Å²) in [6.07, 6.45) is 0. The van der Waals surface area contributed by atoms with E-state index in [9.17, 15) is 9.18 Å². The average molecular weight is 375 g/mol. The lowest BCUT2D eigenvalue weighted by Gasteiger charge is -2.27. The Morgan fingerprint density at radius 2 is 1.81 bits per heavy atom. The maximum absolute atomic E-state index is 13.3. The van der Waals surface area contributed by atoms with E-state index in [-0.39, 0.29) is 24.1 Å². The van der Waals surface area contributed by atoms with E-state index in [0.717, 1.165) is 19.6 Å². The largest absolute Gasteiger partial charge is 0.338 e. The number of nitrogens with zero attached hydrogens (tertiary/aromatic N) is 2. The summed E-state index contributed by atoms with van der Waals surface area (Å²) in [4.78, 5) is 17.3. The Kier molecular flexibility index (Phi) is 5.35. The summed E-state index contributed by atoms with van der Waals surface area (Å²) in [6, 6.07) is 15.3. The summed E-state index contributed by atoms with van der Waals surface area (Å²) in [6.45, 7) is 4.36. The first kappa shape index (κ1) is 18.9. The molecule has 3 atom stereocenters. The third-order valence-corrected chi connectivity index (χ3v) is 5.74. The molecule has 2 aliphatic heterocycles. The fourth-order valence-electron chi connectivity index (χ4n) is 4.61. The second kappa shape index (κ2) is 7.37. The number of aryl methyl sites for hydroxylation is 1. The van der Waals surface area contributed by atoms with Crippen LogP contribution < -0.4 is 0 Å². The maximum Gasteiger partial charge on any atom is 0.254 e. The first-order valence-electron chi connectivity index (χ1n) is 8.85. The van der Waals surface area contributed by atoms with E-state index in [1.165, 1.54) is 17.7 Å². The molecule has 0 saturated carbocycles. The minimum atomic E-state index is -0.293. The molecule has 2 aromatic rings. The van der Waals surface area contributed by atoms with Crippen molar-refractivity contribution in [2.45, 2.75) is 13.0 Å². The fraction of sp³-hybridized carbons (Fsp3) is 0.381. The number of carbonyl (C=O) groups excluding carboxylic acids is 1. The van der Waals surface area contributed by atoms with Crippen LogP contribution in [0.1, 0.15) is 27.5 Å². The standard InChI is InChI=1S/C21H23FN2O.ClH/c1-14-10-17(22)8-9-18(14)21(25)24-12-16-11-23(2)20(19(16)13-24)15-6-4-3-5-7-15;/h3-10,16,19-20H,11-13H2,1-2H3;1H/t16-,19+,20-;/m0./s1. The molecule has 5 heteroatoms. The van der Waals surface area contributed by atoms with Gasteiger partial charge in [0.25, 0.3) is 5.91 Å². The Balaban J connectivity index is 0.00000196. The van der Waals surface area contributed by atoms with E-state index in [1.54, 1.807) is 13.0 Å². The summed E-state index contributed by atoms with van der Waals surface area (Å²) in [7, 11) is 2.17. The highest BCUT2D eigenvalue weighted by atomic mass is 35.5. The Bertz CT molecular complexity index is 798. The van der Waals surface area contributed by atoms with Gasteiger partial charge in [-0.1, -0.05) is 30.3 Å². The normalized spacial score (nSPS) is 25.0. The fourth-order valence-corrected chi connectivity index (χ4v) is 4.61. The minimum absolute atomic E-state index is 0. The number of amides is 1. The van der Waals surface area contributed by atoms with Crippen LogP contribution in [0.5, 0.6) is 0 Å². The molecule has 138 valence electrons. The van der Waals surface area contributed by atoms with Gasteiger partial charge in [0.1, 0.15) is 5.82 Å². The number of fused-ring (bicyclic) bond motifs is 1. The van der Waals surface area contributed by atoms with Crippen LogP contribution in [0.3, 0.4) is 0 Å². The van der Waals surface area contributed by atoms with Gasteiger partial charge in [0, 0.05) is 37.2 Å². The molecular weight excluding hydrogens is 351 g/mol. The summed E-state index contributed by atoms with van der Waals surface area (Å²) >= 11 is 0. The number of benzene rings is 2. The number of rotatable bonds is 2. The zero-order valence-corrected chi connectivity index (χ0v) is 15.9. The molecule has 0 spiro atoms. The Hall–Kier alpha value is -1.91. The quantitative estimate of drug-likeness (QED) is 0.795. The van der Waals surface area contributed by atoms with Gasteiger partial charge in [-0.05, 0) is 49.2 Å². The van der Waals surface area contributed by atoms with Crippen molar-refractivity contribution in [1.29, 1.82) is 0 Å². The van der Waals surface area contributed by atoms with Crippen LogP contribution in [0.15, 0.2) is 48.5 Å². The monoisotopic (exact) mass is 374 g/mol. The molecular formula is C21H24ClFN2O. The summed E-state index contributed by atoms with van der Waals surface area (Å²) in [5.74, 6) is 0.691. The van der Waals surface area contributed by atoms with Crippen LogP contribution in [0, 0.1) is 24.6 Å². The molecule has 3 nitrogen and oxygen atoms in total. The smallest absolute Gasteiger partial charge is 0.254 e. The third kappa shape index (κ3) is 3.24. The van der Waals surface area contributed by atoms with Gasteiger partial charge in [-0.3, -0.25) is 9.69 Å². The Morgan fingerprint density at radius 1 is 1.08 bits per heavy atom. The molecule has 2 aliphatic rings.